The van der Waals surface area contributed by atoms with E-state index >= 15 is 0 Å². The minimum atomic E-state index is -1.08. The quantitative estimate of drug-likeness (QED) is 0.267. The summed E-state index contributed by atoms with van der Waals surface area (Å²) in [7, 11) is 0. The number of unbranched alkanes of at least 4 members (excludes halogenated alkanes) is 12. The van der Waals surface area contributed by atoms with Gasteiger partial charge in [0.05, 0.1) is 0 Å². The van der Waals surface area contributed by atoms with Crippen LogP contribution in [0.4, 0.5) is 0 Å². The first-order chi connectivity index (χ1) is 13.5. The minimum absolute atomic E-state index is 0.0205. The van der Waals surface area contributed by atoms with Gasteiger partial charge < -0.3 is 10.2 Å². The predicted molar refractivity (Wildman–Crippen MR) is 118 cm³/mol. The SMILES string of the molecule is CCCCCCCCCCCCCCCC(C)Cc1ccc(C(=O)O)c(O)c1. The van der Waals surface area contributed by atoms with E-state index in [0.717, 1.165) is 12.0 Å². The number of carboxylic acid groups (broad SMARTS) is 1. The second-order valence-electron chi connectivity index (χ2n) is 8.50. The van der Waals surface area contributed by atoms with E-state index in [-0.39, 0.29) is 11.3 Å². The first kappa shape index (κ1) is 24.5. The number of rotatable bonds is 17. The van der Waals surface area contributed by atoms with E-state index in [1.807, 2.05) is 6.07 Å². The van der Waals surface area contributed by atoms with Gasteiger partial charge in [0.2, 0.25) is 0 Å². The molecule has 0 aromatic heterocycles. The number of hydrogen-bond donors (Lipinski definition) is 2. The summed E-state index contributed by atoms with van der Waals surface area (Å²) >= 11 is 0. The van der Waals surface area contributed by atoms with Gasteiger partial charge in [-0.3, -0.25) is 0 Å². The van der Waals surface area contributed by atoms with Crippen molar-refractivity contribution in [3.8, 4) is 5.75 Å². The van der Waals surface area contributed by atoms with Crippen LogP contribution in [0.2, 0.25) is 0 Å². The summed E-state index contributed by atoms with van der Waals surface area (Å²) in [6.45, 7) is 4.51. The Balaban J connectivity index is 1.99. The molecule has 0 amide bonds. The molecule has 28 heavy (non-hydrogen) atoms. The Morgan fingerprint density at radius 3 is 1.82 bits per heavy atom. The van der Waals surface area contributed by atoms with Gasteiger partial charge in [-0.05, 0) is 30.0 Å². The highest BCUT2D eigenvalue weighted by Crippen LogP contribution is 2.23. The van der Waals surface area contributed by atoms with E-state index in [0.29, 0.717) is 5.92 Å². The summed E-state index contributed by atoms with van der Waals surface area (Å²) in [5.41, 5.74) is 0.998. The molecule has 1 aromatic rings. The van der Waals surface area contributed by atoms with Crippen molar-refractivity contribution in [1.82, 2.24) is 0 Å². The van der Waals surface area contributed by atoms with Crippen molar-refractivity contribution in [2.75, 3.05) is 0 Å². The maximum absolute atomic E-state index is 10.9. The van der Waals surface area contributed by atoms with Gasteiger partial charge in [0.1, 0.15) is 11.3 Å². The Hall–Kier alpha value is -1.51. The third-order valence-electron chi connectivity index (χ3n) is 5.68. The van der Waals surface area contributed by atoms with Gasteiger partial charge in [-0.2, -0.15) is 0 Å². The van der Waals surface area contributed by atoms with Gasteiger partial charge >= 0.3 is 5.97 Å². The fraction of sp³-hybridized carbons (Fsp3) is 0.720. The number of aromatic hydroxyl groups is 1. The average Bonchev–Trinajstić information content (AvgIpc) is 2.65. The first-order valence-electron chi connectivity index (χ1n) is 11.6. The summed E-state index contributed by atoms with van der Waals surface area (Å²) in [5.74, 6) is -0.648. The molecule has 0 bridgehead atoms. The van der Waals surface area contributed by atoms with Gasteiger partial charge in [-0.25, -0.2) is 4.79 Å². The molecule has 0 spiro atoms. The highest BCUT2D eigenvalue weighted by Gasteiger charge is 2.11. The predicted octanol–water partition coefficient (Wildman–Crippen LogP) is 7.75. The van der Waals surface area contributed by atoms with Crippen molar-refractivity contribution in [2.24, 2.45) is 5.92 Å². The molecule has 0 saturated heterocycles. The normalized spacial score (nSPS) is 12.2. The van der Waals surface area contributed by atoms with Gasteiger partial charge in [-0.1, -0.05) is 110 Å². The molecule has 1 aromatic carbocycles. The maximum atomic E-state index is 10.9. The van der Waals surface area contributed by atoms with Crippen LogP contribution in [0.3, 0.4) is 0 Å². The zero-order valence-electron chi connectivity index (χ0n) is 18.2. The van der Waals surface area contributed by atoms with Crippen molar-refractivity contribution in [3.05, 3.63) is 29.3 Å². The zero-order chi connectivity index (χ0) is 20.6. The van der Waals surface area contributed by atoms with E-state index in [1.54, 1.807) is 6.07 Å². The summed E-state index contributed by atoms with van der Waals surface area (Å²) in [6.07, 6.45) is 20.0. The van der Waals surface area contributed by atoms with Crippen molar-refractivity contribution in [3.63, 3.8) is 0 Å². The largest absolute Gasteiger partial charge is 0.507 e. The standard InChI is InChI=1S/C25H42O3/c1-3-4-5-6-7-8-9-10-11-12-13-14-15-16-21(2)19-22-17-18-23(25(27)28)24(26)20-22/h17-18,20-21,26H,3-16,19H2,1-2H3,(H,27,28). The lowest BCUT2D eigenvalue weighted by molar-refractivity contribution is 0.0693. The molecular formula is C25H42O3. The van der Waals surface area contributed by atoms with Gasteiger partial charge in [0.15, 0.2) is 0 Å². The third-order valence-corrected chi connectivity index (χ3v) is 5.68. The molecule has 0 heterocycles. The topological polar surface area (TPSA) is 57.5 Å². The Morgan fingerprint density at radius 1 is 0.857 bits per heavy atom. The van der Waals surface area contributed by atoms with Crippen LogP contribution in [0.5, 0.6) is 5.75 Å². The molecular weight excluding hydrogens is 348 g/mol. The molecule has 0 aliphatic heterocycles. The molecule has 1 unspecified atom stereocenters. The van der Waals surface area contributed by atoms with Gasteiger partial charge in [0.25, 0.3) is 0 Å². The monoisotopic (exact) mass is 390 g/mol. The van der Waals surface area contributed by atoms with Gasteiger partial charge in [0, 0.05) is 0 Å². The lowest BCUT2D eigenvalue weighted by atomic mass is 9.94. The summed E-state index contributed by atoms with van der Waals surface area (Å²) in [5, 5.41) is 18.8. The number of aromatic carboxylic acids is 1. The lowest BCUT2D eigenvalue weighted by Gasteiger charge is -2.12. The van der Waals surface area contributed by atoms with Crippen LogP contribution in [0.25, 0.3) is 0 Å². The first-order valence-corrected chi connectivity index (χ1v) is 11.6. The van der Waals surface area contributed by atoms with Crippen LogP contribution in [0.15, 0.2) is 18.2 Å². The van der Waals surface area contributed by atoms with Crippen LogP contribution in [-0.2, 0) is 6.42 Å². The maximum Gasteiger partial charge on any atom is 0.339 e. The Morgan fingerprint density at radius 2 is 1.36 bits per heavy atom. The number of carbonyl (C=O) groups is 1. The van der Waals surface area contributed by atoms with E-state index in [1.165, 1.54) is 96.0 Å². The minimum Gasteiger partial charge on any atom is -0.507 e. The van der Waals surface area contributed by atoms with Crippen molar-refractivity contribution < 1.29 is 15.0 Å². The molecule has 0 radical (unpaired) electrons. The van der Waals surface area contributed by atoms with Crippen LogP contribution < -0.4 is 0 Å². The Kier molecular flexibility index (Phi) is 13.5. The fourth-order valence-electron chi connectivity index (χ4n) is 3.90. The molecule has 1 atom stereocenters. The summed E-state index contributed by atoms with van der Waals surface area (Å²) < 4.78 is 0. The Bertz CT molecular complexity index is 539. The molecule has 2 N–H and O–H groups in total. The summed E-state index contributed by atoms with van der Waals surface area (Å²) in [4.78, 5) is 10.9. The number of benzene rings is 1. The van der Waals surface area contributed by atoms with Crippen LogP contribution in [0, 0.1) is 5.92 Å². The van der Waals surface area contributed by atoms with Crippen LogP contribution in [-0.4, -0.2) is 16.2 Å². The fourth-order valence-corrected chi connectivity index (χ4v) is 3.90. The molecule has 3 nitrogen and oxygen atoms in total. The second-order valence-corrected chi connectivity index (χ2v) is 8.50. The Labute approximate surface area is 172 Å². The van der Waals surface area contributed by atoms with E-state index < -0.39 is 5.97 Å². The van der Waals surface area contributed by atoms with E-state index in [2.05, 4.69) is 13.8 Å². The molecule has 3 heteroatoms. The molecule has 160 valence electrons. The molecule has 0 aliphatic rings. The van der Waals surface area contributed by atoms with E-state index in [4.69, 9.17) is 5.11 Å². The second kappa shape index (κ2) is 15.4. The number of carboxylic acids is 1. The van der Waals surface area contributed by atoms with Gasteiger partial charge in [-0.15, -0.1) is 0 Å². The third kappa shape index (κ3) is 11.4. The smallest absolute Gasteiger partial charge is 0.339 e. The highest BCUT2D eigenvalue weighted by atomic mass is 16.4. The molecule has 0 aliphatic carbocycles. The van der Waals surface area contributed by atoms with Crippen molar-refractivity contribution in [1.29, 1.82) is 0 Å². The van der Waals surface area contributed by atoms with Crippen LogP contribution >= 0.6 is 0 Å². The lowest BCUT2D eigenvalue weighted by Crippen LogP contribution is -2.02. The van der Waals surface area contributed by atoms with Crippen molar-refractivity contribution in [2.45, 2.75) is 110 Å². The molecule has 0 saturated carbocycles. The molecule has 1 rings (SSSR count). The van der Waals surface area contributed by atoms with Crippen molar-refractivity contribution >= 4 is 5.97 Å². The average molecular weight is 391 g/mol. The highest BCUT2D eigenvalue weighted by molar-refractivity contribution is 5.90. The summed E-state index contributed by atoms with van der Waals surface area (Å²) in [6, 6.07) is 4.93. The number of phenols is 1. The van der Waals surface area contributed by atoms with Crippen LogP contribution in [0.1, 0.15) is 120 Å². The number of hydrogen-bond acceptors (Lipinski definition) is 2. The molecule has 0 fully saturated rings. The van der Waals surface area contributed by atoms with E-state index in [9.17, 15) is 9.90 Å². The zero-order valence-corrected chi connectivity index (χ0v) is 18.2.